The highest BCUT2D eigenvalue weighted by Crippen LogP contribution is 1.52. The summed E-state index contributed by atoms with van der Waals surface area (Å²) in [5.74, 6) is 0.0162. The fourth-order valence-electron chi connectivity index (χ4n) is 0.249. The van der Waals surface area contributed by atoms with Gasteiger partial charge in [0.1, 0.15) is 0 Å². The molecule has 0 radical (unpaired) electrons. The van der Waals surface area contributed by atoms with E-state index in [9.17, 15) is 4.79 Å². The van der Waals surface area contributed by atoms with Gasteiger partial charge in [0.05, 0.1) is 6.54 Å². The molecule has 0 fully saturated rings. The van der Waals surface area contributed by atoms with Crippen molar-refractivity contribution in [3.8, 4) is 0 Å². The van der Waals surface area contributed by atoms with E-state index in [1.54, 1.807) is 14.1 Å². The van der Waals surface area contributed by atoms with Gasteiger partial charge in [0.15, 0.2) is 0 Å². The maximum absolute atomic E-state index is 10.2. The minimum atomic E-state index is 0.0162. The largest absolute Gasteiger partial charge is 0.358 e. The molecule has 2 N–H and O–H groups in total. The van der Waals surface area contributed by atoms with Gasteiger partial charge in [-0.1, -0.05) is 0 Å². The van der Waals surface area contributed by atoms with Crippen molar-refractivity contribution < 1.29 is 4.79 Å². The number of hydrogen-bond acceptors (Lipinski definition) is 2. The van der Waals surface area contributed by atoms with E-state index in [4.69, 9.17) is 0 Å². The van der Waals surface area contributed by atoms with Crippen LogP contribution in [0.15, 0.2) is 0 Å². The predicted octanol–water partition coefficient (Wildman–Crippen LogP) is -1.05. The number of hydrogen-bond donors (Lipinski definition) is 2. The predicted molar refractivity (Wildman–Crippen MR) is 28.0 cm³/mol. The molecular formula is C4H10N2O. The Kier molecular flexibility index (Phi) is 3.32. The molecule has 0 aromatic heterocycles. The smallest absolute Gasteiger partial charge is 0.233 e. The Labute approximate surface area is 43.1 Å². The fraction of sp³-hybridized carbons (Fsp3) is 0.750. The van der Waals surface area contributed by atoms with E-state index in [2.05, 4.69) is 10.6 Å². The maximum Gasteiger partial charge on any atom is 0.233 e. The lowest BCUT2D eigenvalue weighted by Crippen LogP contribution is -2.28. The van der Waals surface area contributed by atoms with Gasteiger partial charge in [-0.05, 0) is 7.05 Å². The molecule has 7 heavy (non-hydrogen) atoms. The van der Waals surface area contributed by atoms with Crippen LogP contribution in [0.5, 0.6) is 0 Å². The topological polar surface area (TPSA) is 41.1 Å². The van der Waals surface area contributed by atoms with Crippen molar-refractivity contribution in [3.63, 3.8) is 0 Å². The van der Waals surface area contributed by atoms with E-state index in [0.29, 0.717) is 6.54 Å². The van der Waals surface area contributed by atoms with Crippen LogP contribution in [-0.4, -0.2) is 26.5 Å². The molecule has 0 aromatic rings. The summed E-state index contributed by atoms with van der Waals surface area (Å²) in [6, 6.07) is 0. The highest BCUT2D eigenvalue weighted by molar-refractivity contribution is 5.77. The molecule has 42 valence electrons. The Bertz CT molecular complexity index is 62.7. The van der Waals surface area contributed by atoms with Crippen LogP contribution in [0.2, 0.25) is 0 Å². The van der Waals surface area contributed by atoms with E-state index in [-0.39, 0.29) is 5.91 Å². The zero-order valence-electron chi connectivity index (χ0n) is 4.62. The fourth-order valence-corrected chi connectivity index (χ4v) is 0.249. The van der Waals surface area contributed by atoms with Crippen LogP contribution in [0, 0.1) is 0 Å². The van der Waals surface area contributed by atoms with Crippen LogP contribution in [0.25, 0.3) is 0 Å². The number of carbonyl (C=O) groups excluding carboxylic acids is 1. The minimum Gasteiger partial charge on any atom is -0.358 e. The number of nitrogens with one attached hydrogen (secondary N) is 2. The van der Waals surface area contributed by atoms with Gasteiger partial charge in [-0.15, -0.1) is 0 Å². The molecule has 0 aliphatic heterocycles. The number of rotatable bonds is 2. The van der Waals surface area contributed by atoms with Crippen molar-refractivity contribution >= 4 is 5.91 Å². The molecule has 0 rings (SSSR count). The van der Waals surface area contributed by atoms with Crippen molar-refractivity contribution in [2.24, 2.45) is 0 Å². The normalized spacial score (nSPS) is 8.29. The molecule has 0 bridgehead atoms. The summed E-state index contributed by atoms with van der Waals surface area (Å²) >= 11 is 0. The molecular weight excluding hydrogens is 92.1 g/mol. The van der Waals surface area contributed by atoms with E-state index in [1.807, 2.05) is 0 Å². The first kappa shape index (κ1) is 6.43. The zero-order chi connectivity index (χ0) is 5.70. The van der Waals surface area contributed by atoms with E-state index >= 15 is 0 Å². The first-order valence-electron chi connectivity index (χ1n) is 2.16. The van der Waals surface area contributed by atoms with Crippen molar-refractivity contribution in [1.29, 1.82) is 0 Å². The van der Waals surface area contributed by atoms with Crippen LogP contribution in [0.3, 0.4) is 0 Å². The first-order chi connectivity index (χ1) is 3.31. The second-order valence-electron chi connectivity index (χ2n) is 1.20. The molecule has 0 aliphatic rings. The summed E-state index contributed by atoms with van der Waals surface area (Å²) in [5.41, 5.74) is 0. The van der Waals surface area contributed by atoms with Crippen molar-refractivity contribution in [3.05, 3.63) is 0 Å². The van der Waals surface area contributed by atoms with Gasteiger partial charge in [0.2, 0.25) is 5.91 Å². The Morgan fingerprint density at radius 2 is 2.14 bits per heavy atom. The third kappa shape index (κ3) is 3.26. The summed E-state index contributed by atoms with van der Waals surface area (Å²) in [7, 11) is 3.34. The summed E-state index contributed by atoms with van der Waals surface area (Å²) < 4.78 is 0. The van der Waals surface area contributed by atoms with E-state index in [0.717, 1.165) is 0 Å². The van der Waals surface area contributed by atoms with Gasteiger partial charge in [-0.2, -0.15) is 0 Å². The Morgan fingerprint density at radius 3 is 2.29 bits per heavy atom. The van der Waals surface area contributed by atoms with Crippen LogP contribution >= 0.6 is 0 Å². The third-order valence-corrected chi connectivity index (χ3v) is 0.616. The number of carbonyl (C=O) groups is 1. The molecule has 0 atom stereocenters. The first-order valence-corrected chi connectivity index (χ1v) is 2.16. The highest BCUT2D eigenvalue weighted by atomic mass is 16.1. The zero-order valence-corrected chi connectivity index (χ0v) is 4.62. The Hall–Kier alpha value is -0.570. The molecule has 0 spiro atoms. The molecule has 1 amide bonds. The van der Waals surface area contributed by atoms with Gasteiger partial charge < -0.3 is 10.6 Å². The van der Waals surface area contributed by atoms with Gasteiger partial charge >= 0.3 is 0 Å². The Balaban J connectivity index is 3.00. The highest BCUT2D eigenvalue weighted by Gasteiger charge is 1.88. The lowest BCUT2D eigenvalue weighted by atomic mass is 10.6. The maximum atomic E-state index is 10.2. The Morgan fingerprint density at radius 1 is 1.57 bits per heavy atom. The molecule has 0 heterocycles. The second kappa shape index (κ2) is 3.61. The van der Waals surface area contributed by atoms with Crippen molar-refractivity contribution in [1.82, 2.24) is 10.6 Å². The molecule has 0 aromatic carbocycles. The average Bonchev–Trinajstić information content (AvgIpc) is 1.68. The lowest BCUT2D eigenvalue weighted by Gasteiger charge is -1.93. The number of likely N-dealkylation sites (N-methyl/N-ethyl adjacent to an activating group) is 2. The van der Waals surface area contributed by atoms with E-state index in [1.165, 1.54) is 0 Å². The third-order valence-electron chi connectivity index (χ3n) is 0.616. The van der Waals surface area contributed by atoms with Gasteiger partial charge in [-0.3, -0.25) is 4.79 Å². The van der Waals surface area contributed by atoms with Crippen molar-refractivity contribution in [2.75, 3.05) is 20.6 Å². The van der Waals surface area contributed by atoms with Crippen LogP contribution in [-0.2, 0) is 4.79 Å². The van der Waals surface area contributed by atoms with Crippen LogP contribution in [0.4, 0.5) is 0 Å². The standard InChI is InChI=1S/C4H10N2O/c1-5-3-4(7)6-2/h5H,3H2,1-2H3,(H,6,7). The summed E-state index contributed by atoms with van der Waals surface area (Å²) in [5, 5.41) is 5.17. The lowest BCUT2D eigenvalue weighted by molar-refractivity contribution is -0.119. The summed E-state index contributed by atoms with van der Waals surface area (Å²) in [6.45, 7) is 0.399. The van der Waals surface area contributed by atoms with Gasteiger partial charge in [-0.25, -0.2) is 0 Å². The molecule has 0 unspecified atom stereocenters. The van der Waals surface area contributed by atoms with Gasteiger partial charge in [0, 0.05) is 7.05 Å². The molecule has 3 heteroatoms. The minimum absolute atomic E-state index is 0.0162. The van der Waals surface area contributed by atoms with Crippen LogP contribution < -0.4 is 10.6 Å². The quantitative estimate of drug-likeness (QED) is 0.467. The summed E-state index contributed by atoms with van der Waals surface area (Å²) in [6.07, 6.45) is 0. The SMILES string of the molecule is CNCC(=O)NC. The second-order valence-corrected chi connectivity index (χ2v) is 1.20. The van der Waals surface area contributed by atoms with Crippen LogP contribution in [0.1, 0.15) is 0 Å². The molecule has 0 saturated carbocycles. The van der Waals surface area contributed by atoms with Gasteiger partial charge in [0.25, 0.3) is 0 Å². The summed E-state index contributed by atoms with van der Waals surface area (Å²) in [4.78, 5) is 10.2. The molecule has 0 aliphatic carbocycles. The van der Waals surface area contributed by atoms with E-state index < -0.39 is 0 Å². The number of amides is 1. The molecule has 0 saturated heterocycles. The monoisotopic (exact) mass is 102 g/mol. The molecule has 3 nitrogen and oxygen atoms in total. The van der Waals surface area contributed by atoms with Crippen molar-refractivity contribution in [2.45, 2.75) is 0 Å². The average molecular weight is 102 g/mol.